The van der Waals surface area contributed by atoms with Gasteiger partial charge in [0.05, 0.1) is 23.4 Å². The summed E-state index contributed by atoms with van der Waals surface area (Å²) >= 11 is 2.85. The molecule has 7 nitrogen and oxygen atoms in total. The van der Waals surface area contributed by atoms with E-state index in [1.807, 2.05) is 28.7 Å². The van der Waals surface area contributed by atoms with Crippen molar-refractivity contribution in [2.75, 3.05) is 17.7 Å². The molecule has 0 bridgehead atoms. The van der Waals surface area contributed by atoms with E-state index < -0.39 is 0 Å². The highest BCUT2D eigenvalue weighted by molar-refractivity contribution is 7.99. The molecule has 176 valence electrons. The SMILES string of the molecule is CCOC(=O)c1c(NC(=O)CSc2nnc3cc(C)c4ccccc4n23)sc2c1CCCCC2. The van der Waals surface area contributed by atoms with E-state index in [0.29, 0.717) is 22.3 Å². The van der Waals surface area contributed by atoms with Crippen molar-refractivity contribution in [1.29, 1.82) is 0 Å². The maximum atomic E-state index is 12.9. The molecular weight excluding hydrogens is 468 g/mol. The second-order valence-electron chi connectivity index (χ2n) is 8.35. The Balaban J connectivity index is 1.38. The summed E-state index contributed by atoms with van der Waals surface area (Å²) in [4.78, 5) is 26.9. The number of para-hydroxylation sites is 1. The van der Waals surface area contributed by atoms with Crippen molar-refractivity contribution in [2.45, 2.75) is 51.1 Å². The number of thioether (sulfide) groups is 1. The molecule has 1 aromatic carbocycles. The van der Waals surface area contributed by atoms with E-state index in [0.717, 1.165) is 59.8 Å². The number of carbonyl (C=O) groups excluding carboxylic acids is 2. The van der Waals surface area contributed by atoms with Gasteiger partial charge in [0.15, 0.2) is 10.8 Å². The van der Waals surface area contributed by atoms with Crippen molar-refractivity contribution in [3.63, 3.8) is 0 Å². The number of thiophene rings is 1. The number of hydrogen-bond acceptors (Lipinski definition) is 7. The molecule has 0 radical (unpaired) electrons. The van der Waals surface area contributed by atoms with Gasteiger partial charge in [-0.05, 0) is 62.8 Å². The van der Waals surface area contributed by atoms with E-state index in [1.165, 1.54) is 28.0 Å². The van der Waals surface area contributed by atoms with Crippen LogP contribution in [0.25, 0.3) is 16.6 Å². The maximum absolute atomic E-state index is 12.9. The number of nitrogens with zero attached hydrogens (tertiary/aromatic N) is 3. The predicted molar refractivity (Wildman–Crippen MR) is 136 cm³/mol. The van der Waals surface area contributed by atoms with E-state index in [4.69, 9.17) is 4.74 Å². The van der Waals surface area contributed by atoms with E-state index >= 15 is 0 Å². The van der Waals surface area contributed by atoms with Crippen LogP contribution in [0.5, 0.6) is 0 Å². The third kappa shape index (κ3) is 4.30. The predicted octanol–water partition coefficient (Wildman–Crippen LogP) is 5.43. The molecule has 0 unspecified atom stereocenters. The number of nitrogens with one attached hydrogen (secondary N) is 1. The van der Waals surface area contributed by atoms with Gasteiger partial charge in [-0.2, -0.15) is 0 Å². The van der Waals surface area contributed by atoms with Gasteiger partial charge < -0.3 is 10.1 Å². The van der Waals surface area contributed by atoms with Crippen molar-refractivity contribution < 1.29 is 14.3 Å². The van der Waals surface area contributed by atoms with Crippen molar-refractivity contribution in [2.24, 2.45) is 0 Å². The lowest BCUT2D eigenvalue weighted by Gasteiger charge is -2.09. The molecule has 0 aliphatic heterocycles. The molecule has 3 heterocycles. The Kier molecular flexibility index (Phi) is 6.56. The van der Waals surface area contributed by atoms with Gasteiger partial charge in [0.25, 0.3) is 0 Å². The van der Waals surface area contributed by atoms with Crippen LogP contribution < -0.4 is 5.32 Å². The summed E-state index contributed by atoms with van der Waals surface area (Å²) in [5.74, 6) is -0.372. The number of ether oxygens (including phenoxy) is 1. The Morgan fingerprint density at radius 3 is 2.85 bits per heavy atom. The number of fused-ring (bicyclic) bond motifs is 4. The summed E-state index contributed by atoms with van der Waals surface area (Å²) in [6, 6.07) is 10.1. The quantitative estimate of drug-likeness (QED) is 0.219. The second-order valence-corrected chi connectivity index (χ2v) is 10.4. The van der Waals surface area contributed by atoms with Crippen molar-refractivity contribution in [3.8, 4) is 0 Å². The zero-order valence-corrected chi connectivity index (χ0v) is 20.9. The van der Waals surface area contributed by atoms with Crippen LogP contribution in [-0.4, -0.2) is 38.8 Å². The number of anilines is 1. The van der Waals surface area contributed by atoms with Crippen molar-refractivity contribution >= 4 is 56.5 Å². The molecular formula is C25H26N4O3S2. The monoisotopic (exact) mass is 494 g/mol. The van der Waals surface area contributed by atoms with E-state index in [-0.39, 0.29) is 17.6 Å². The third-order valence-corrected chi connectivity index (χ3v) is 8.20. The number of aryl methyl sites for hydroxylation is 2. The van der Waals surface area contributed by atoms with E-state index in [2.05, 4.69) is 28.5 Å². The fraction of sp³-hybridized carbons (Fsp3) is 0.360. The molecule has 0 saturated heterocycles. The van der Waals surface area contributed by atoms with Crippen molar-refractivity contribution in [3.05, 3.63) is 51.9 Å². The highest BCUT2D eigenvalue weighted by Crippen LogP contribution is 2.38. The van der Waals surface area contributed by atoms with Crippen LogP contribution in [0.4, 0.5) is 5.00 Å². The Morgan fingerprint density at radius 2 is 2.00 bits per heavy atom. The minimum Gasteiger partial charge on any atom is -0.462 e. The maximum Gasteiger partial charge on any atom is 0.341 e. The summed E-state index contributed by atoms with van der Waals surface area (Å²) < 4.78 is 7.31. The van der Waals surface area contributed by atoms with Crippen LogP contribution in [-0.2, 0) is 22.4 Å². The topological polar surface area (TPSA) is 85.6 Å². The molecule has 5 rings (SSSR count). The van der Waals surface area contributed by atoms with Crippen LogP contribution in [0, 0.1) is 6.92 Å². The highest BCUT2D eigenvalue weighted by atomic mass is 32.2. The molecule has 1 aliphatic carbocycles. The number of benzene rings is 1. The number of rotatable bonds is 6. The van der Waals surface area contributed by atoms with Gasteiger partial charge in [-0.15, -0.1) is 21.5 Å². The average molecular weight is 495 g/mol. The normalized spacial score (nSPS) is 13.6. The summed E-state index contributed by atoms with van der Waals surface area (Å²) in [6.45, 7) is 4.16. The summed E-state index contributed by atoms with van der Waals surface area (Å²) in [5.41, 5.74) is 4.49. The standard InChI is InChI=1S/C25H26N4O3S2/c1-3-32-24(31)22-17-10-5-4-6-12-19(17)34-23(22)26-21(30)14-33-25-28-27-20-13-15(2)16-9-7-8-11-18(16)29(20)25/h7-9,11,13H,3-6,10,12,14H2,1-2H3,(H,26,30). The number of amides is 1. The van der Waals surface area contributed by atoms with E-state index in [9.17, 15) is 9.59 Å². The minimum absolute atomic E-state index is 0.161. The number of carbonyl (C=O) groups is 2. The fourth-order valence-electron chi connectivity index (χ4n) is 4.51. The lowest BCUT2D eigenvalue weighted by molar-refractivity contribution is -0.113. The van der Waals surface area contributed by atoms with Gasteiger partial charge in [-0.25, -0.2) is 4.79 Å². The van der Waals surface area contributed by atoms with E-state index in [1.54, 1.807) is 6.92 Å². The van der Waals surface area contributed by atoms with Gasteiger partial charge in [-0.1, -0.05) is 36.4 Å². The van der Waals surface area contributed by atoms with Crippen LogP contribution in [0.1, 0.15) is 52.5 Å². The molecule has 1 aliphatic rings. The zero-order valence-electron chi connectivity index (χ0n) is 19.2. The van der Waals surface area contributed by atoms with Gasteiger partial charge in [0.1, 0.15) is 5.00 Å². The van der Waals surface area contributed by atoms with Gasteiger partial charge in [-0.3, -0.25) is 9.20 Å². The molecule has 0 atom stereocenters. The van der Waals surface area contributed by atoms with Gasteiger partial charge in [0, 0.05) is 10.3 Å². The Bertz CT molecular complexity index is 1390. The summed E-state index contributed by atoms with van der Waals surface area (Å²) in [5, 5.41) is 14.0. The zero-order chi connectivity index (χ0) is 23.7. The number of esters is 1. The van der Waals surface area contributed by atoms with Crippen LogP contribution in [0.3, 0.4) is 0 Å². The average Bonchev–Trinajstić information content (AvgIpc) is 3.30. The Morgan fingerprint density at radius 1 is 1.18 bits per heavy atom. The second kappa shape index (κ2) is 9.76. The first-order valence-corrected chi connectivity index (χ1v) is 13.3. The molecule has 0 spiro atoms. The number of hydrogen-bond donors (Lipinski definition) is 1. The first-order valence-electron chi connectivity index (χ1n) is 11.5. The molecule has 0 fully saturated rings. The fourth-order valence-corrected chi connectivity index (χ4v) is 6.56. The lowest BCUT2D eigenvalue weighted by Crippen LogP contribution is -2.17. The van der Waals surface area contributed by atoms with Gasteiger partial charge >= 0.3 is 5.97 Å². The first kappa shape index (κ1) is 22.9. The molecule has 3 aromatic heterocycles. The van der Waals surface area contributed by atoms with Crippen LogP contribution in [0.2, 0.25) is 0 Å². The molecule has 34 heavy (non-hydrogen) atoms. The third-order valence-electron chi connectivity index (χ3n) is 6.06. The van der Waals surface area contributed by atoms with Crippen molar-refractivity contribution in [1.82, 2.24) is 14.6 Å². The number of aromatic nitrogens is 3. The largest absolute Gasteiger partial charge is 0.462 e. The molecule has 1 amide bonds. The first-order chi connectivity index (χ1) is 16.6. The van der Waals surface area contributed by atoms with Crippen LogP contribution >= 0.6 is 23.1 Å². The molecule has 9 heteroatoms. The highest BCUT2D eigenvalue weighted by Gasteiger charge is 2.26. The minimum atomic E-state index is -0.352. The Hall–Kier alpha value is -2.91. The molecule has 0 saturated carbocycles. The van der Waals surface area contributed by atoms with Gasteiger partial charge in [0.2, 0.25) is 5.91 Å². The number of pyridine rings is 1. The molecule has 1 N–H and O–H groups in total. The van der Waals surface area contributed by atoms with Crippen LogP contribution in [0.15, 0.2) is 35.5 Å². The summed E-state index contributed by atoms with van der Waals surface area (Å²) in [6.07, 6.45) is 5.10. The Labute approximate surface area is 205 Å². The lowest BCUT2D eigenvalue weighted by atomic mass is 10.1. The smallest absolute Gasteiger partial charge is 0.341 e. The molecule has 4 aromatic rings. The summed E-state index contributed by atoms with van der Waals surface area (Å²) in [7, 11) is 0.